The average Bonchev–Trinajstić information content (AvgIpc) is 2.29. The molecule has 20 heavy (non-hydrogen) atoms. The number of benzene rings is 1. The SMILES string of the molecule is CCOC(=O)c1ccc(OC(=O)P(=O)([O-])[O-])cc1.[Na+].[Na+]. The van der Waals surface area contributed by atoms with Crippen molar-refractivity contribution in [1.29, 1.82) is 0 Å². The van der Waals surface area contributed by atoms with Gasteiger partial charge in [0.2, 0.25) is 0 Å². The fourth-order valence-corrected chi connectivity index (χ4v) is 1.25. The number of hydrogen-bond acceptors (Lipinski definition) is 7. The molecule has 0 spiro atoms. The van der Waals surface area contributed by atoms with Crippen molar-refractivity contribution in [2.75, 3.05) is 6.61 Å². The van der Waals surface area contributed by atoms with Gasteiger partial charge in [-0.2, -0.15) is 0 Å². The monoisotopic (exact) mass is 318 g/mol. The van der Waals surface area contributed by atoms with E-state index in [0.29, 0.717) is 0 Å². The van der Waals surface area contributed by atoms with Crippen LogP contribution in [-0.4, -0.2) is 18.3 Å². The Labute approximate surface area is 159 Å². The minimum Gasteiger partial charge on any atom is -0.803 e. The van der Waals surface area contributed by atoms with Gasteiger partial charge in [0, 0.05) is 7.60 Å². The van der Waals surface area contributed by atoms with Crippen LogP contribution in [0, 0.1) is 0 Å². The molecule has 1 rings (SSSR count). The molecule has 0 aliphatic carbocycles. The van der Waals surface area contributed by atoms with Gasteiger partial charge in [-0.25, -0.2) is 9.59 Å². The third kappa shape index (κ3) is 7.36. The standard InChI is InChI=1S/C10H11O7P.2Na/c1-2-16-9(11)7-3-5-8(6-4-7)17-10(12)18(13,14)15;;/h3-6H,2H2,1H3,(H2,13,14,15);;/q;2*+1/p-2. The molecule has 0 aromatic heterocycles. The summed E-state index contributed by atoms with van der Waals surface area (Å²) in [7, 11) is -5.42. The first-order valence-corrected chi connectivity index (χ1v) is 6.40. The molecule has 0 bridgehead atoms. The normalized spacial score (nSPS) is 9.75. The Morgan fingerprint density at radius 2 is 1.65 bits per heavy atom. The quantitative estimate of drug-likeness (QED) is 0.308. The second-order valence-corrected chi connectivity index (χ2v) is 4.47. The van der Waals surface area contributed by atoms with Crippen molar-refractivity contribution in [3.63, 3.8) is 0 Å². The smallest absolute Gasteiger partial charge is 0.803 e. The van der Waals surface area contributed by atoms with Crippen molar-refractivity contribution >= 4 is 19.3 Å². The zero-order chi connectivity index (χ0) is 13.8. The zero-order valence-corrected chi connectivity index (χ0v) is 16.2. The molecular weight excluding hydrogens is 309 g/mol. The number of esters is 1. The van der Waals surface area contributed by atoms with E-state index in [4.69, 9.17) is 4.74 Å². The van der Waals surface area contributed by atoms with Gasteiger partial charge in [0.15, 0.2) is 0 Å². The van der Waals surface area contributed by atoms with Crippen LogP contribution in [0.15, 0.2) is 24.3 Å². The van der Waals surface area contributed by atoms with Gasteiger partial charge in [-0.15, -0.1) is 0 Å². The van der Waals surface area contributed by atoms with Crippen LogP contribution in [0.5, 0.6) is 5.75 Å². The van der Waals surface area contributed by atoms with E-state index < -0.39 is 19.3 Å². The number of ether oxygens (including phenoxy) is 2. The molecule has 1 aromatic rings. The molecule has 98 valence electrons. The Balaban J connectivity index is 0. The Morgan fingerprint density at radius 3 is 2.05 bits per heavy atom. The van der Waals surface area contributed by atoms with Gasteiger partial charge in [0.1, 0.15) is 5.75 Å². The molecule has 10 heteroatoms. The number of carbonyl (C=O) groups excluding carboxylic acids is 2. The molecule has 7 nitrogen and oxygen atoms in total. The van der Waals surface area contributed by atoms with Gasteiger partial charge < -0.3 is 23.8 Å². The summed E-state index contributed by atoms with van der Waals surface area (Å²) in [5.41, 5.74) is -1.66. The Morgan fingerprint density at radius 1 is 1.15 bits per heavy atom. The summed E-state index contributed by atoms with van der Waals surface area (Å²) in [5, 5.41) is 0. The van der Waals surface area contributed by atoms with E-state index >= 15 is 0 Å². The van der Waals surface area contributed by atoms with E-state index in [9.17, 15) is 23.9 Å². The maximum atomic E-state index is 11.3. The molecule has 0 amide bonds. The predicted octanol–water partition coefficient (Wildman–Crippen LogP) is -5.72. The minimum absolute atomic E-state index is 0. The van der Waals surface area contributed by atoms with Gasteiger partial charge in [0.05, 0.1) is 12.2 Å². The van der Waals surface area contributed by atoms with Crippen LogP contribution in [0.3, 0.4) is 0 Å². The Kier molecular flexibility index (Phi) is 11.4. The zero-order valence-electron chi connectivity index (χ0n) is 11.3. The van der Waals surface area contributed by atoms with E-state index in [0.717, 1.165) is 0 Å². The van der Waals surface area contributed by atoms with Crippen LogP contribution in [-0.2, 0) is 9.30 Å². The van der Waals surface area contributed by atoms with E-state index in [1.54, 1.807) is 6.92 Å². The first-order chi connectivity index (χ1) is 8.34. The molecule has 0 fully saturated rings. The van der Waals surface area contributed by atoms with Crippen molar-refractivity contribution in [2.24, 2.45) is 0 Å². The van der Waals surface area contributed by atoms with E-state index in [-0.39, 0.29) is 77.0 Å². The molecule has 1 aromatic carbocycles. The molecular formula is C10H9Na2O7P. The summed E-state index contributed by atoms with van der Waals surface area (Å²) in [5.74, 6) is -0.714. The summed E-state index contributed by atoms with van der Waals surface area (Å²) in [6.45, 7) is 1.86. The van der Waals surface area contributed by atoms with Gasteiger partial charge in [0.25, 0.3) is 0 Å². The molecule has 0 N–H and O–H groups in total. The fourth-order valence-electron chi connectivity index (χ4n) is 1.03. The summed E-state index contributed by atoms with van der Waals surface area (Å²) in [6.07, 6.45) is 0. The minimum atomic E-state index is -5.42. The van der Waals surface area contributed by atoms with Gasteiger partial charge in [-0.1, -0.05) is 0 Å². The fraction of sp³-hybridized carbons (Fsp3) is 0.200. The second-order valence-electron chi connectivity index (χ2n) is 3.11. The Hall–Kier alpha value is 0.310. The Bertz CT molecular complexity index is 497. The van der Waals surface area contributed by atoms with Crippen LogP contribution in [0.2, 0.25) is 0 Å². The summed E-state index contributed by atoms with van der Waals surface area (Å²) < 4.78 is 19.3. The third-order valence-corrected chi connectivity index (χ3v) is 2.33. The first-order valence-electron chi connectivity index (χ1n) is 4.86. The van der Waals surface area contributed by atoms with Gasteiger partial charge in [-0.3, -0.25) is 0 Å². The maximum absolute atomic E-state index is 11.3. The summed E-state index contributed by atoms with van der Waals surface area (Å²) >= 11 is 0. The molecule has 0 heterocycles. The molecule has 0 unspecified atom stereocenters. The van der Waals surface area contributed by atoms with Crippen LogP contribution < -0.4 is 73.6 Å². The number of rotatable bonds is 4. The average molecular weight is 318 g/mol. The van der Waals surface area contributed by atoms with Crippen molar-refractivity contribution in [2.45, 2.75) is 6.92 Å². The van der Waals surface area contributed by atoms with Crippen LogP contribution in [0.25, 0.3) is 0 Å². The van der Waals surface area contributed by atoms with Crippen molar-refractivity contribution in [3.8, 4) is 5.75 Å². The topological polar surface area (TPSA) is 116 Å². The van der Waals surface area contributed by atoms with Crippen LogP contribution in [0.1, 0.15) is 17.3 Å². The van der Waals surface area contributed by atoms with E-state index in [2.05, 4.69) is 4.74 Å². The van der Waals surface area contributed by atoms with Gasteiger partial charge in [-0.05, 0) is 31.2 Å². The predicted molar refractivity (Wildman–Crippen MR) is 56.0 cm³/mol. The molecule has 0 saturated carbocycles. The first kappa shape index (κ1) is 22.6. The molecule has 0 atom stereocenters. The maximum Gasteiger partial charge on any atom is 1.00 e. The van der Waals surface area contributed by atoms with Crippen molar-refractivity contribution in [1.82, 2.24) is 0 Å². The van der Waals surface area contributed by atoms with E-state index in [1.165, 1.54) is 24.3 Å². The van der Waals surface area contributed by atoms with Crippen molar-refractivity contribution < 1.29 is 92.5 Å². The van der Waals surface area contributed by atoms with E-state index in [1.807, 2.05) is 0 Å². The second kappa shape index (κ2) is 10.1. The molecule has 0 aliphatic heterocycles. The number of hydrogen-bond donors (Lipinski definition) is 0. The van der Waals surface area contributed by atoms with Crippen LogP contribution in [0.4, 0.5) is 4.79 Å². The summed E-state index contributed by atoms with van der Waals surface area (Å²) in [6, 6.07) is 4.92. The van der Waals surface area contributed by atoms with Crippen molar-refractivity contribution in [3.05, 3.63) is 29.8 Å². The van der Waals surface area contributed by atoms with Gasteiger partial charge >= 0.3 is 70.8 Å². The number of carbonyl (C=O) groups is 2. The molecule has 0 saturated heterocycles. The molecule has 0 aliphatic rings. The molecule has 0 radical (unpaired) electrons. The summed E-state index contributed by atoms with van der Waals surface area (Å²) in [4.78, 5) is 42.7. The van der Waals surface area contributed by atoms with Crippen LogP contribution >= 0.6 is 7.60 Å². The third-order valence-electron chi connectivity index (χ3n) is 1.79. The largest absolute Gasteiger partial charge is 1.00 e.